The smallest absolute Gasteiger partial charge is 0.315 e. The highest BCUT2D eigenvalue weighted by Crippen LogP contribution is 2.18. The number of amides is 2. The summed E-state index contributed by atoms with van der Waals surface area (Å²) in [7, 11) is -2.88. The van der Waals surface area contributed by atoms with Crippen LogP contribution in [0.5, 0.6) is 0 Å². The Morgan fingerprint density at radius 1 is 1.27 bits per heavy atom. The molecule has 0 atom stereocenters. The maximum absolute atomic E-state index is 13.0. The summed E-state index contributed by atoms with van der Waals surface area (Å²) in [6.45, 7) is 0.691. The van der Waals surface area contributed by atoms with E-state index in [9.17, 15) is 17.6 Å². The SMILES string of the molecule is O=C(NCc1ccc(F)c(Cl)c1)NCC1CCS(=O)(=O)CC1. The molecule has 2 N–H and O–H groups in total. The Morgan fingerprint density at radius 2 is 1.95 bits per heavy atom. The zero-order chi connectivity index (χ0) is 16.2. The first-order valence-electron chi connectivity index (χ1n) is 7.02. The standard InChI is InChI=1S/C14H18ClFN2O3S/c15-12-7-11(1-2-13(12)16)9-18-14(19)17-8-10-3-5-22(20,21)6-4-10/h1-2,7,10H,3-6,8-9H2,(H2,17,18,19). The highest BCUT2D eigenvalue weighted by molar-refractivity contribution is 7.91. The molecule has 1 fully saturated rings. The van der Waals surface area contributed by atoms with E-state index in [1.807, 2.05) is 0 Å². The molecule has 1 heterocycles. The summed E-state index contributed by atoms with van der Waals surface area (Å²) in [6.07, 6.45) is 1.16. The molecule has 0 bridgehead atoms. The second-order valence-electron chi connectivity index (χ2n) is 5.41. The van der Waals surface area contributed by atoms with Crippen LogP contribution in [0.25, 0.3) is 0 Å². The lowest BCUT2D eigenvalue weighted by Gasteiger charge is -2.22. The number of benzene rings is 1. The molecule has 0 aliphatic carbocycles. The van der Waals surface area contributed by atoms with Gasteiger partial charge in [0.25, 0.3) is 0 Å². The van der Waals surface area contributed by atoms with Crippen molar-refractivity contribution in [1.29, 1.82) is 0 Å². The van der Waals surface area contributed by atoms with Crippen LogP contribution in [0.15, 0.2) is 18.2 Å². The lowest BCUT2D eigenvalue weighted by Crippen LogP contribution is -2.39. The topological polar surface area (TPSA) is 75.3 Å². The van der Waals surface area contributed by atoms with Crippen LogP contribution >= 0.6 is 11.6 Å². The molecular formula is C14H18ClFN2O3S. The van der Waals surface area contributed by atoms with Crippen LogP contribution in [0.2, 0.25) is 5.02 Å². The summed E-state index contributed by atoms with van der Waals surface area (Å²) in [5, 5.41) is 5.39. The van der Waals surface area contributed by atoms with Crippen molar-refractivity contribution in [3.8, 4) is 0 Å². The number of carbonyl (C=O) groups is 1. The minimum atomic E-state index is -2.88. The second-order valence-corrected chi connectivity index (χ2v) is 8.12. The molecule has 0 saturated carbocycles. The average molecular weight is 349 g/mol. The molecular weight excluding hydrogens is 331 g/mol. The summed E-state index contributed by atoms with van der Waals surface area (Å²) in [5.74, 6) is 0.0704. The van der Waals surface area contributed by atoms with Gasteiger partial charge in [-0.1, -0.05) is 17.7 Å². The van der Waals surface area contributed by atoms with Gasteiger partial charge in [-0.2, -0.15) is 0 Å². The molecule has 2 rings (SSSR count). The Kier molecular flexibility index (Phi) is 5.63. The molecule has 2 amide bonds. The average Bonchev–Trinajstić information content (AvgIpc) is 2.47. The Morgan fingerprint density at radius 3 is 2.59 bits per heavy atom. The summed E-state index contributed by atoms with van der Waals surface area (Å²) in [5.41, 5.74) is 0.699. The Hall–Kier alpha value is -1.34. The fourth-order valence-corrected chi connectivity index (χ4v) is 4.07. The Labute approximate surface area is 134 Å². The molecule has 1 aromatic carbocycles. The van der Waals surface area contributed by atoms with E-state index in [1.165, 1.54) is 12.1 Å². The molecule has 8 heteroatoms. The van der Waals surface area contributed by atoms with E-state index in [4.69, 9.17) is 11.6 Å². The number of nitrogens with one attached hydrogen (secondary N) is 2. The van der Waals surface area contributed by atoms with Crippen LogP contribution in [-0.4, -0.2) is 32.5 Å². The van der Waals surface area contributed by atoms with Gasteiger partial charge in [-0.25, -0.2) is 17.6 Å². The van der Waals surface area contributed by atoms with Gasteiger partial charge in [0.1, 0.15) is 15.7 Å². The number of urea groups is 1. The normalized spacial score (nSPS) is 17.9. The minimum absolute atomic E-state index is 0.0168. The molecule has 122 valence electrons. The molecule has 1 aliphatic heterocycles. The van der Waals surface area contributed by atoms with Gasteiger partial charge in [0.05, 0.1) is 16.5 Å². The molecule has 0 radical (unpaired) electrons. The van der Waals surface area contributed by atoms with Crippen LogP contribution < -0.4 is 10.6 Å². The van der Waals surface area contributed by atoms with Gasteiger partial charge in [-0.05, 0) is 36.5 Å². The van der Waals surface area contributed by atoms with Gasteiger partial charge in [0.15, 0.2) is 0 Å². The summed E-state index contributed by atoms with van der Waals surface area (Å²) >= 11 is 5.66. The van der Waals surface area contributed by atoms with Crippen LogP contribution in [0.3, 0.4) is 0 Å². The maximum atomic E-state index is 13.0. The zero-order valence-electron chi connectivity index (χ0n) is 11.9. The van der Waals surface area contributed by atoms with E-state index in [0.29, 0.717) is 24.9 Å². The van der Waals surface area contributed by atoms with E-state index in [-0.39, 0.29) is 35.0 Å². The van der Waals surface area contributed by atoms with E-state index in [2.05, 4.69) is 10.6 Å². The largest absolute Gasteiger partial charge is 0.338 e. The second kappa shape index (κ2) is 7.28. The fraction of sp³-hybridized carbons (Fsp3) is 0.500. The van der Waals surface area contributed by atoms with Crippen molar-refractivity contribution in [1.82, 2.24) is 10.6 Å². The molecule has 0 aromatic heterocycles. The lowest BCUT2D eigenvalue weighted by molar-refractivity contribution is 0.238. The van der Waals surface area contributed by atoms with Gasteiger partial charge in [-0.3, -0.25) is 0 Å². The zero-order valence-corrected chi connectivity index (χ0v) is 13.5. The van der Waals surface area contributed by atoms with Gasteiger partial charge in [0, 0.05) is 13.1 Å². The van der Waals surface area contributed by atoms with Crippen molar-refractivity contribution in [3.63, 3.8) is 0 Å². The Bertz CT molecular complexity index is 637. The Balaban J connectivity index is 1.71. The number of hydrogen-bond acceptors (Lipinski definition) is 3. The molecule has 0 unspecified atom stereocenters. The summed E-state index contributed by atoms with van der Waals surface area (Å²) < 4.78 is 35.6. The number of rotatable bonds is 4. The van der Waals surface area contributed by atoms with Gasteiger partial charge in [0.2, 0.25) is 0 Å². The summed E-state index contributed by atoms with van der Waals surface area (Å²) in [6, 6.07) is 3.92. The number of halogens is 2. The van der Waals surface area contributed by atoms with Crippen LogP contribution in [0.4, 0.5) is 9.18 Å². The molecule has 1 aromatic rings. The maximum Gasteiger partial charge on any atom is 0.315 e. The third kappa shape index (κ3) is 5.14. The van der Waals surface area contributed by atoms with Gasteiger partial charge < -0.3 is 10.6 Å². The van der Waals surface area contributed by atoms with E-state index >= 15 is 0 Å². The van der Waals surface area contributed by atoms with Crippen LogP contribution in [0, 0.1) is 11.7 Å². The molecule has 1 aliphatic rings. The van der Waals surface area contributed by atoms with E-state index in [1.54, 1.807) is 6.07 Å². The van der Waals surface area contributed by atoms with Crippen molar-refractivity contribution in [2.75, 3.05) is 18.1 Å². The first kappa shape index (κ1) is 17.0. The van der Waals surface area contributed by atoms with Gasteiger partial charge in [-0.15, -0.1) is 0 Å². The van der Waals surface area contributed by atoms with Crippen molar-refractivity contribution < 1.29 is 17.6 Å². The van der Waals surface area contributed by atoms with Crippen molar-refractivity contribution >= 4 is 27.5 Å². The third-order valence-electron chi connectivity index (χ3n) is 3.66. The fourth-order valence-electron chi connectivity index (χ4n) is 2.27. The van der Waals surface area contributed by atoms with E-state index < -0.39 is 15.7 Å². The first-order chi connectivity index (χ1) is 10.4. The van der Waals surface area contributed by atoms with Crippen molar-refractivity contribution in [3.05, 3.63) is 34.6 Å². The highest BCUT2D eigenvalue weighted by Gasteiger charge is 2.23. The monoisotopic (exact) mass is 348 g/mol. The lowest BCUT2D eigenvalue weighted by atomic mass is 10.0. The quantitative estimate of drug-likeness (QED) is 0.875. The molecule has 22 heavy (non-hydrogen) atoms. The predicted molar refractivity (Wildman–Crippen MR) is 83.0 cm³/mol. The molecule has 0 spiro atoms. The molecule has 5 nitrogen and oxygen atoms in total. The van der Waals surface area contributed by atoms with Crippen molar-refractivity contribution in [2.45, 2.75) is 19.4 Å². The number of carbonyl (C=O) groups excluding carboxylic acids is 1. The van der Waals surface area contributed by atoms with Crippen molar-refractivity contribution in [2.24, 2.45) is 5.92 Å². The number of hydrogen-bond donors (Lipinski definition) is 2. The first-order valence-corrected chi connectivity index (χ1v) is 9.22. The minimum Gasteiger partial charge on any atom is -0.338 e. The predicted octanol–water partition coefficient (Wildman–Crippen LogP) is 2.10. The third-order valence-corrected chi connectivity index (χ3v) is 5.67. The van der Waals surface area contributed by atoms with E-state index in [0.717, 1.165) is 0 Å². The van der Waals surface area contributed by atoms with Crippen LogP contribution in [-0.2, 0) is 16.4 Å². The summed E-state index contributed by atoms with van der Waals surface area (Å²) in [4.78, 5) is 11.7. The van der Waals surface area contributed by atoms with Crippen LogP contribution in [0.1, 0.15) is 18.4 Å². The molecule has 1 saturated heterocycles. The van der Waals surface area contributed by atoms with Gasteiger partial charge >= 0.3 is 6.03 Å². The highest BCUT2D eigenvalue weighted by atomic mass is 35.5. The number of sulfone groups is 1.